The second-order valence-corrected chi connectivity index (χ2v) is 8.17. The van der Waals surface area contributed by atoms with E-state index in [4.69, 9.17) is 16.3 Å². The van der Waals surface area contributed by atoms with Crippen LogP contribution in [0.25, 0.3) is 0 Å². The van der Waals surface area contributed by atoms with Gasteiger partial charge < -0.3 is 9.64 Å². The lowest BCUT2D eigenvalue weighted by molar-refractivity contribution is 0.0773. The number of rotatable bonds is 7. The highest BCUT2D eigenvalue weighted by Gasteiger charge is 2.24. The molecule has 0 aromatic heterocycles. The topological polar surface area (TPSA) is 66.9 Å². The first kappa shape index (κ1) is 21.1. The van der Waals surface area contributed by atoms with E-state index >= 15 is 0 Å². The number of carbonyl (C=O) groups excluding carboxylic acids is 1. The van der Waals surface area contributed by atoms with Crippen molar-refractivity contribution in [1.29, 1.82) is 0 Å². The van der Waals surface area contributed by atoms with Crippen LogP contribution >= 0.6 is 11.6 Å². The number of carbonyl (C=O) groups is 1. The molecule has 0 aliphatic rings. The molecule has 0 saturated heterocycles. The minimum absolute atomic E-state index is 0.123. The molecule has 146 valence electrons. The quantitative estimate of drug-likeness (QED) is 0.698. The third kappa shape index (κ3) is 4.36. The van der Waals surface area contributed by atoms with Gasteiger partial charge in [0.2, 0.25) is 0 Å². The first-order chi connectivity index (χ1) is 12.8. The maximum absolute atomic E-state index is 12.9. The van der Waals surface area contributed by atoms with Crippen molar-refractivity contribution in [1.82, 2.24) is 4.90 Å². The van der Waals surface area contributed by atoms with Crippen molar-refractivity contribution < 1.29 is 17.9 Å². The van der Waals surface area contributed by atoms with E-state index in [1.165, 1.54) is 38.4 Å². The van der Waals surface area contributed by atoms with E-state index in [-0.39, 0.29) is 21.4 Å². The van der Waals surface area contributed by atoms with Gasteiger partial charge in [-0.25, -0.2) is 8.42 Å². The Balaban J connectivity index is 2.41. The van der Waals surface area contributed by atoms with Crippen LogP contribution in [0.1, 0.15) is 24.2 Å². The molecule has 2 rings (SSSR count). The predicted octanol–water partition coefficient (Wildman–Crippen LogP) is 3.66. The molecular formula is C19H23ClN2O4S. The minimum Gasteiger partial charge on any atom is -0.497 e. The number of hydrogen-bond acceptors (Lipinski definition) is 4. The monoisotopic (exact) mass is 410 g/mol. The molecule has 0 bridgehead atoms. The Labute approximate surface area is 165 Å². The van der Waals surface area contributed by atoms with E-state index in [2.05, 4.69) is 0 Å². The second kappa shape index (κ2) is 8.63. The number of anilines is 1. The Morgan fingerprint density at radius 3 is 2.19 bits per heavy atom. The lowest BCUT2D eigenvalue weighted by Crippen LogP contribution is -2.31. The third-order valence-electron chi connectivity index (χ3n) is 4.31. The van der Waals surface area contributed by atoms with Gasteiger partial charge >= 0.3 is 0 Å². The standard InChI is InChI=1S/C19H23ClN2O4S/c1-5-22(6-2)19(23)17-13-14(7-12-18(17)20)21(3)27(24,25)16-10-8-15(26-4)9-11-16/h7-13H,5-6H2,1-4H3. The van der Waals surface area contributed by atoms with Gasteiger partial charge in [-0.05, 0) is 56.3 Å². The summed E-state index contributed by atoms with van der Waals surface area (Å²) in [6.45, 7) is 4.82. The number of ether oxygens (including phenoxy) is 1. The summed E-state index contributed by atoms with van der Waals surface area (Å²) in [5.41, 5.74) is 0.625. The van der Waals surface area contributed by atoms with Crippen LogP contribution in [0.3, 0.4) is 0 Å². The van der Waals surface area contributed by atoms with Crippen LogP contribution in [0.5, 0.6) is 5.75 Å². The molecule has 0 radical (unpaired) electrons. The number of amides is 1. The number of hydrogen-bond donors (Lipinski definition) is 0. The van der Waals surface area contributed by atoms with E-state index < -0.39 is 10.0 Å². The largest absolute Gasteiger partial charge is 0.497 e. The van der Waals surface area contributed by atoms with E-state index in [9.17, 15) is 13.2 Å². The summed E-state index contributed by atoms with van der Waals surface area (Å²) in [5, 5.41) is 0.283. The van der Waals surface area contributed by atoms with Crippen molar-refractivity contribution >= 4 is 33.2 Å². The first-order valence-corrected chi connectivity index (χ1v) is 10.3. The van der Waals surface area contributed by atoms with E-state index in [1.54, 1.807) is 23.1 Å². The summed E-state index contributed by atoms with van der Waals surface area (Å²) in [7, 11) is -0.843. The zero-order valence-electron chi connectivity index (χ0n) is 15.8. The van der Waals surface area contributed by atoms with Crippen molar-refractivity contribution in [2.75, 3.05) is 31.6 Å². The normalized spacial score (nSPS) is 11.1. The molecule has 2 aromatic rings. The molecule has 0 N–H and O–H groups in total. The molecule has 27 heavy (non-hydrogen) atoms. The van der Waals surface area contributed by atoms with Crippen LogP contribution in [-0.2, 0) is 10.0 Å². The highest BCUT2D eigenvalue weighted by molar-refractivity contribution is 7.92. The van der Waals surface area contributed by atoms with Crippen LogP contribution in [0, 0.1) is 0 Å². The number of halogens is 1. The molecule has 0 saturated carbocycles. The Bertz CT molecular complexity index is 910. The lowest BCUT2D eigenvalue weighted by Gasteiger charge is -2.23. The van der Waals surface area contributed by atoms with Gasteiger partial charge in [0.25, 0.3) is 15.9 Å². The Morgan fingerprint density at radius 2 is 1.67 bits per heavy atom. The number of methoxy groups -OCH3 is 1. The molecule has 0 aliphatic heterocycles. The fraction of sp³-hybridized carbons (Fsp3) is 0.316. The van der Waals surface area contributed by atoms with Gasteiger partial charge in [0.05, 0.1) is 28.3 Å². The number of sulfonamides is 1. The third-order valence-corrected chi connectivity index (χ3v) is 6.44. The molecule has 0 aliphatic carbocycles. The highest BCUT2D eigenvalue weighted by Crippen LogP contribution is 2.28. The zero-order chi connectivity index (χ0) is 20.2. The van der Waals surface area contributed by atoms with Crippen molar-refractivity contribution in [3.8, 4) is 5.75 Å². The molecule has 2 aromatic carbocycles. The van der Waals surface area contributed by atoms with Crippen molar-refractivity contribution in [2.45, 2.75) is 18.7 Å². The van der Waals surface area contributed by atoms with Gasteiger partial charge in [0.15, 0.2) is 0 Å². The van der Waals surface area contributed by atoms with Crippen LogP contribution in [0.2, 0.25) is 5.02 Å². The van der Waals surface area contributed by atoms with E-state index in [1.807, 2.05) is 13.8 Å². The smallest absolute Gasteiger partial charge is 0.264 e. The maximum Gasteiger partial charge on any atom is 0.264 e. The zero-order valence-corrected chi connectivity index (χ0v) is 17.3. The lowest BCUT2D eigenvalue weighted by atomic mass is 10.1. The first-order valence-electron chi connectivity index (χ1n) is 8.48. The molecule has 0 unspecified atom stereocenters. The fourth-order valence-electron chi connectivity index (χ4n) is 2.60. The minimum atomic E-state index is -3.79. The van der Waals surface area contributed by atoms with Gasteiger partial charge in [-0.1, -0.05) is 11.6 Å². The van der Waals surface area contributed by atoms with Crippen molar-refractivity contribution in [3.05, 3.63) is 53.1 Å². The van der Waals surface area contributed by atoms with Gasteiger partial charge in [-0.3, -0.25) is 9.10 Å². The SMILES string of the molecule is CCN(CC)C(=O)c1cc(N(C)S(=O)(=O)c2ccc(OC)cc2)ccc1Cl. The fourth-order valence-corrected chi connectivity index (χ4v) is 3.98. The van der Waals surface area contributed by atoms with Gasteiger partial charge in [-0.15, -0.1) is 0 Å². The summed E-state index contributed by atoms with van der Waals surface area (Å²) in [5.74, 6) is 0.331. The Hall–Kier alpha value is -2.25. The molecular weight excluding hydrogens is 388 g/mol. The average Bonchev–Trinajstić information content (AvgIpc) is 2.68. The summed E-state index contributed by atoms with van der Waals surface area (Å²) in [4.78, 5) is 14.4. The molecule has 6 nitrogen and oxygen atoms in total. The number of benzene rings is 2. The summed E-state index contributed by atoms with van der Waals surface area (Å²) >= 11 is 6.19. The summed E-state index contributed by atoms with van der Waals surface area (Å²) < 4.78 is 32.0. The Morgan fingerprint density at radius 1 is 1.07 bits per heavy atom. The summed E-state index contributed by atoms with van der Waals surface area (Å²) in [6, 6.07) is 10.7. The molecule has 0 fully saturated rings. The average molecular weight is 411 g/mol. The van der Waals surface area contributed by atoms with Crippen molar-refractivity contribution in [3.63, 3.8) is 0 Å². The van der Waals surface area contributed by atoms with Crippen LogP contribution in [0.4, 0.5) is 5.69 Å². The van der Waals surface area contributed by atoms with Gasteiger partial charge in [0.1, 0.15) is 5.75 Å². The second-order valence-electron chi connectivity index (χ2n) is 5.79. The van der Waals surface area contributed by atoms with Crippen LogP contribution < -0.4 is 9.04 Å². The van der Waals surface area contributed by atoms with E-state index in [0.29, 0.717) is 24.5 Å². The molecule has 0 heterocycles. The Kier molecular flexibility index (Phi) is 6.73. The maximum atomic E-state index is 12.9. The number of nitrogens with zero attached hydrogens (tertiary/aromatic N) is 2. The van der Waals surface area contributed by atoms with Crippen LogP contribution in [0.15, 0.2) is 47.4 Å². The highest BCUT2D eigenvalue weighted by atomic mass is 35.5. The van der Waals surface area contributed by atoms with Gasteiger partial charge in [-0.2, -0.15) is 0 Å². The molecule has 1 amide bonds. The predicted molar refractivity (Wildman–Crippen MR) is 107 cm³/mol. The van der Waals surface area contributed by atoms with Gasteiger partial charge in [0, 0.05) is 20.1 Å². The molecule has 0 spiro atoms. The molecule has 8 heteroatoms. The summed E-state index contributed by atoms with van der Waals surface area (Å²) in [6.07, 6.45) is 0. The van der Waals surface area contributed by atoms with E-state index in [0.717, 1.165) is 4.31 Å². The van der Waals surface area contributed by atoms with Crippen LogP contribution in [-0.4, -0.2) is 46.5 Å². The van der Waals surface area contributed by atoms with Crippen molar-refractivity contribution in [2.24, 2.45) is 0 Å². The molecule has 0 atom stereocenters.